The van der Waals surface area contributed by atoms with E-state index in [9.17, 15) is 0 Å². The topological polar surface area (TPSA) is 50.3 Å². The van der Waals surface area contributed by atoms with Crippen molar-refractivity contribution in [3.05, 3.63) is 30.3 Å². The molecule has 3 atom stereocenters. The minimum atomic E-state index is 0.348. The number of rotatable bonds is 3. The highest BCUT2D eigenvalue weighted by Crippen LogP contribution is 2.29. The standard InChI is InChI=1S/C16H20N4OS/c1-11-8-20-9-13(7-14(20)10-21-11)17-16-19-18-15(22-16)12-5-3-2-4-6-12/h2-6,11,13-14H,7-10H2,1H3,(H,17,19)/t11-,13+,14-/m0/s1. The van der Waals surface area contributed by atoms with Crippen LogP contribution in [0.4, 0.5) is 5.13 Å². The summed E-state index contributed by atoms with van der Waals surface area (Å²) in [6.45, 7) is 5.10. The quantitative estimate of drug-likeness (QED) is 0.943. The zero-order chi connectivity index (χ0) is 14.9. The lowest BCUT2D eigenvalue weighted by Crippen LogP contribution is -2.45. The molecule has 0 bridgehead atoms. The Balaban J connectivity index is 1.41. The number of nitrogens with zero attached hydrogens (tertiary/aromatic N) is 3. The Morgan fingerprint density at radius 2 is 2.09 bits per heavy atom. The van der Waals surface area contributed by atoms with Crippen molar-refractivity contribution in [1.29, 1.82) is 0 Å². The SMILES string of the molecule is C[C@H]1CN2C[C@H](Nc3nnc(-c4ccccc4)s3)C[C@H]2CO1. The normalized spacial score (nSPS) is 28.5. The lowest BCUT2D eigenvalue weighted by molar-refractivity contribution is -0.0390. The first-order chi connectivity index (χ1) is 10.8. The van der Waals surface area contributed by atoms with Gasteiger partial charge in [-0.25, -0.2) is 0 Å². The Kier molecular flexibility index (Phi) is 3.82. The van der Waals surface area contributed by atoms with Crippen LogP contribution in [0.15, 0.2) is 30.3 Å². The van der Waals surface area contributed by atoms with Gasteiger partial charge in [-0.1, -0.05) is 41.7 Å². The van der Waals surface area contributed by atoms with Gasteiger partial charge in [0, 0.05) is 30.7 Å². The summed E-state index contributed by atoms with van der Waals surface area (Å²) in [6, 6.07) is 11.2. The predicted octanol–water partition coefficient (Wildman–Crippen LogP) is 2.48. The second kappa shape index (κ2) is 5.95. The van der Waals surface area contributed by atoms with Crippen molar-refractivity contribution in [3.63, 3.8) is 0 Å². The van der Waals surface area contributed by atoms with Crippen LogP contribution < -0.4 is 5.32 Å². The fourth-order valence-corrected chi connectivity index (χ4v) is 4.12. The fourth-order valence-electron chi connectivity index (χ4n) is 3.30. The van der Waals surface area contributed by atoms with Crippen molar-refractivity contribution < 1.29 is 4.74 Å². The van der Waals surface area contributed by atoms with Crippen LogP contribution in [-0.4, -0.2) is 53.0 Å². The van der Waals surface area contributed by atoms with Crippen molar-refractivity contribution in [2.24, 2.45) is 0 Å². The molecule has 22 heavy (non-hydrogen) atoms. The van der Waals surface area contributed by atoms with Crippen LogP contribution in [0.2, 0.25) is 0 Å². The molecule has 0 saturated carbocycles. The third-order valence-electron chi connectivity index (χ3n) is 4.37. The number of hydrogen-bond donors (Lipinski definition) is 1. The van der Waals surface area contributed by atoms with Crippen molar-refractivity contribution in [2.45, 2.75) is 31.5 Å². The molecule has 2 aliphatic rings. The van der Waals surface area contributed by atoms with Crippen LogP contribution in [0.1, 0.15) is 13.3 Å². The number of aromatic nitrogens is 2. The molecule has 2 fully saturated rings. The van der Waals surface area contributed by atoms with E-state index < -0.39 is 0 Å². The molecule has 0 amide bonds. The summed E-state index contributed by atoms with van der Waals surface area (Å²) in [4.78, 5) is 2.53. The van der Waals surface area contributed by atoms with Gasteiger partial charge < -0.3 is 10.1 Å². The lowest BCUT2D eigenvalue weighted by atomic mass is 10.1. The van der Waals surface area contributed by atoms with Gasteiger partial charge >= 0.3 is 0 Å². The van der Waals surface area contributed by atoms with Gasteiger partial charge in [0.05, 0.1) is 12.7 Å². The average molecular weight is 316 g/mol. The molecule has 1 aromatic heterocycles. The third kappa shape index (κ3) is 2.86. The average Bonchev–Trinajstić information content (AvgIpc) is 3.14. The molecule has 6 heteroatoms. The summed E-state index contributed by atoms with van der Waals surface area (Å²) in [7, 11) is 0. The highest BCUT2D eigenvalue weighted by molar-refractivity contribution is 7.18. The number of nitrogens with one attached hydrogen (secondary N) is 1. The number of fused-ring (bicyclic) bond motifs is 1. The summed E-state index contributed by atoms with van der Waals surface area (Å²) in [5.74, 6) is 0. The largest absolute Gasteiger partial charge is 0.376 e. The second-order valence-corrected chi connectivity index (χ2v) is 7.08. The fraction of sp³-hybridized carbons (Fsp3) is 0.500. The molecule has 0 aliphatic carbocycles. The third-order valence-corrected chi connectivity index (χ3v) is 5.27. The zero-order valence-corrected chi connectivity index (χ0v) is 13.4. The Bertz CT molecular complexity index is 632. The first kappa shape index (κ1) is 14.1. The van der Waals surface area contributed by atoms with Gasteiger partial charge in [-0.3, -0.25) is 4.90 Å². The monoisotopic (exact) mass is 316 g/mol. The lowest BCUT2D eigenvalue weighted by Gasteiger charge is -2.33. The smallest absolute Gasteiger partial charge is 0.206 e. The Labute approximate surface area is 134 Å². The second-order valence-electron chi connectivity index (χ2n) is 6.11. The van der Waals surface area contributed by atoms with Crippen molar-refractivity contribution in [2.75, 3.05) is 25.0 Å². The van der Waals surface area contributed by atoms with E-state index in [1.165, 1.54) is 0 Å². The summed E-state index contributed by atoms with van der Waals surface area (Å²) >= 11 is 1.62. The molecule has 2 saturated heterocycles. The van der Waals surface area contributed by atoms with Gasteiger partial charge in [-0.15, -0.1) is 10.2 Å². The first-order valence-electron chi connectivity index (χ1n) is 7.79. The van der Waals surface area contributed by atoms with Crippen LogP contribution in [0.5, 0.6) is 0 Å². The van der Waals surface area contributed by atoms with Crippen molar-refractivity contribution in [3.8, 4) is 10.6 Å². The van der Waals surface area contributed by atoms with E-state index in [1.54, 1.807) is 11.3 Å². The Morgan fingerprint density at radius 3 is 2.95 bits per heavy atom. The zero-order valence-electron chi connectivity index (χ0n) is 12.6. The molecule has 5 nitrogen and oxygen atoms in total. The number of morpholine rings is 1. The summed E-state index contributed by atoms with van der Waals surface area (Å²) in [5.41, 5.74) is 1.12. The van der Waals surface area contributed by atoms with Crippen LogP contribution >= 0.6 is 11.3 Å². The Morgan fingerprint density at radius 1 is 1.23 bits per heavy atom. The summed E-state index contributed by atoms with van der Waals surface area (Å²) < 4.78 is 5.76. The minimum absolute atomic E-state index is 0.348. The molecule has 4 rings (SSSR count). The highest BCUT2D eigenvalue weighted by Gasteiger charge is 2.36. The number of ether oxygens (including phenoxy) is 1. The van der Waals surface area contributed by atoms with E-state index in [2.05, 4.69) is 39.5 Å². The Hall–Kier alpha value is -1.50. The molecular formula is C16H20N4OS. The van der Waals surface area contributed by atoms with Crippen LogP contribution in [0.25, 0.3) is 10.6 Å². The number of benzene rings is 1. The molecular weight excluding hydrogens is 296 g/mol. The van der Waals surface area contributed by atoms with Crippen molar-refractivity contribution in [1.82, 2.24) is 15.1 Å². The maximum Gasteiger partial charge on any atom is 0.206 e. The minimum Gasteiger partial charge on any atom is -0.376 e. The van der Waals surface area contributed by atoms with Crippen molar-refractivity contribution >= 4 is 16.5 Å². The van der Waals surface area contributed by atoms with E-state index in [0.717, 1.165) is 41.8 Å². The molecule has 116 valence electrons. The van der Waals surface area contributed by atoms with Gasteiger partial charge in [0.25, 0.3) is 0 Å². The molecule has 2 aromatic rings. The van der Waals surface area contributed by atoms with E-state index >= 15 is 0 Å². The van der Waals surface area contributed by atoms with Crippen LogP contribution in [0.3, 0.4) is 0 Å². The van der Waals surface area contributed by atoms with Crippen LogP contribution in [0, 0.1) is 0 Å². The molecule has 3 heterocycles. The molecule has 0 unspecified atom stereocenters. The van der Waals surface area contributed by atoms with E-state index in [4.69, 9.17) is 4.74 Å². The van der Waals surface area contributed by atoms with Gasteiger partial charge in [0.2, 0.25) is 5.13 Å². The first-order valence-corrected chi connectivity index (χ1v) is 8.60. The maximum absolute atomic E-state index is 5.76. The number of hydrogen-bond acceptors (Lipinski definition) is 6. The summed E-state index contributed by atoms with van der Waals surface area (Å²) in [6.07, 6.45) is 1.47. The van der Waals surface area contributed by atoms with E-state index in [1.807, 2.05) is 18.2 Å². The van der Waals surface area contributed by atoms with Gasteiger partial charge in [-0.05, 0) is 13.3 Å². The van der Waals surface area contributed by atoms with E-state index in [-0.39, 0.29) is 0 Å². The van der Waals surface area contributed by atoms with E-state index in [0.29, 0.717) is 18.2 Å². The number of anilines is 1. The molecule has 1 N–H and O–H groups in total. The highest BCUT2D eigenvalue weighted by atomic mass is 32.1. The predicted molar refractivity (Wildman–Crippen MR) is 88.1 cm³/mol. The molecule has 0 spiro atoms. The molecule has 2 aliphatic heterocycles. The van der Waals surface area contributed by atoms with Gasteiger partial charge in [0.1, 0.15) is 5.01 Å². The molecule has 0 radical (unpaired) electrons. The van der Waals surface area contributed by atoms with Crippen LogP contribution in [-0.2, 0) is 4.74 Å². The van der Waals surface area contributed by atoms with Gasteiger partial charge in [0.15, 0.2) is 0 Å². The van der Waals surface area contributed by atoms with Gasteiger partial charge in [-0.2, -0.15) is 0 Å². The summed E-state index contributed by atoms with van der Waals surface area (Å²) in [5, 5.41) is 14.0. The maximum atomic E-state index is 5.76. The molecule has 1 aromatic carbocycles.